The summed E-state index contributed by atoms with van der Waals surface area (Å²) in [5.41, 5.74) is 2.04. The Morgan fingerprint density at radius 3 is 2.14 bits per heavy atom. The fourth-order valence-electron chi connectivity index (χ4n) is 3.77. The Labute approximate surface area is 231 Å². The molecule has 2 rings (SSSR count). The molecule has 1 heterocycles. The van der Waals surface area contributed by atoms with Gasteiger partial charge < -0.3 is 14.5 Å². The molecule has 3 atom stereocenters. The zero-order valence-corrected chi connectivity index (χ0v) is 26.6. The van der Waals surface area contributed by atoms with Crippen molar-refractivity contribution in [1.29, 1.82) is 0 Å². The van der Waals surface area contributed by atoms with Gasteiger partial charge in [-0.1, -0.05) is 67.9 Å². The number of anilines is 1. The number of hydrogen-bond donors (Lipinski definition) is 0. The normalized spacial score (nSPS) is 15.8. The lowest BCUT2D eigenvalue weighted by Crippen LogP contribution is -2.30. The number of likely N-dealkylation sites (tertiary alicyclic amines) is 1. The molecule has 0 bridgehead atoms. The van der Waals surface area contributed by atoms with E-state index in [0.29, 0.717) is 0 Å². The monoisotopic (exact) mass is 542 g/mol. The van der Waals surface area contributed by atoms with E-state index >= 15 is 0 Å². The molecule has 1 fully saturated rings. The molecule has 1 aromatic carbocycles. The van der Waals surface area contributed by atoms with E-state index in [2.05, 4.69) is 56.3 Å². The summed E-state index contributed by atoms with van der Waals surface area (Å²) in [6, 6.07) is 7.47. The van der Waals surface area contributed by atoms with Crippen molar-refractivity contribution >= 4 is 14.9 Å². The van der Waals surface area contributed by atoms with Crippen LogP contribution in [0.2, 0.25) is 0 Å². The first-order chi connectivity index (χ1) is 17.6. The summed E-state index contributed by atoms with van der Waals surface area (Å²) in [6.45, 7) is 21.8. The lowest BCUT2D eigenvalue weighted by Gasteiger charge is -2.24. The van der Waals surface area contributed by atoms with Crippen molar-refractivity contribution in [3.05, 3.63) is 36.0 Å². The lowest BCUT2D eigenvalue weighted by molar-refractivity contribution is -0.0892. The first-order valence-corrected chi connectivity index (χ1v) is 14.6. The first-order valence-electron chi connectivity index (χ1n) is 14.0. The quantitative estimate of drug-likeness (QED) is 0.216. The maximum atomic E-state index is 12.6. The number of alkyl halides is 2. The summed E-state index contributed by atoms with van der Waals surface area (Å²) in [5.74, 6) is -2.17. The Kier molecular flexibility index (Phi) is 26.6. The predicted molar refractivity (Wildman–Crippen MR) is 166 cm³/mol. The van der Waals surface area contributed by atoms with Gasteiger partial charge in [-0.05, 0) is 91.5 Å². The van der Waals surface area contributed by atoms with Crippen LogP contribution in [0.25, 0.3) is 0 Å². The maximum Gasteiger partial charge on any atom is 0.408 e. The van der Waals surface area contributed by atoms with Crippen molar-refractivity contribution in [3.63, 3.8) is 0 Å². The van der Waals surface area contributed by atoms with E-state index in [-0.39, 0.29) is 5.75 Å². The van der Waals surface area contributed by atoms with Gasteiger partial charge in [0.05, 0.1) is 0 Å². The van der Waals surface area contributed by atoms with Crippen LogP contribution in [0.1, 0.15) is 101 Å². The summed E-state index contributed by atoms with van der Waals surface area (Å²) in [5, 5.41) is 0. The highest BCUT2D eigenvalue weighted by atomic mass is 31.0. The zero-order chi connectivity index (χ0) is 29.4. The van der Waals surface area contributed by atoms with Crippen molar-refractivity contribution < 1.29 is 13.5 Å². The van der Waals surface area contributed by atoms with Crippen LogP contribution in [-0.4, -0.2) is 36.9 Å². The molecule has 0 amide bonds. The number of benzene rings is 1. The molecule has 0 radical (unpaired) electrons. The molecule has 0 saturated carbocycles. The number of allylic oxidation sites excluding steroid dienone is 2. The minimum Gasteiger partial charge on any atom is -0.430 e. The molecule has 1 aliphatic heterocycles. The third-order valence-corrected chi connectivity index (χ3v) is 6.20. The molecule has 3 unspecified atom stereocenters. The molecule has 1 saturated heterocycles. The fourth-order valence-corrected chi connectivity index (χ4v) is 3.91. The highest BCUT2D eigenvalue weighted by Crippen LogP contribution is 2.29. The third-order valence-electron chi connectivity index (χ3n) is 6.08. The highest BCUT2D eigenvalue weighted by Gasteiger charge is 2.23. The second kappa shape index (κ2) is 24.7. The van der Waals surface area contributed by atoms with Gasteiger partial charge in [-0.25, -0.2) is 0 Å². The Hall–Kier alpha value is -1.63. The van der Waals surface area contributed by atoms with Gasteiger partial charge in [0, 0.05) is 24.5 Å². The van der Waals surface area contributed by atoms with E-state index in [9.17, 15) is 8.78 Å². The molecular formula is C31H57F2N2OP. The summed E-state index contributed by atoms with van der Waals surface area (Å²) in [6.07, 6.45) is 18.0. The van der Waals surface area contributed by atoms with Gasteiger partial charge >= 0.3 is 5.85 Å². The lowest BCUT2D eigenvalue weighted by atomic mass is 10.0. The largest absolute Gasteiger partial charge is 0.430 e. The molecule has 216 valence electrons. The molecule has 0 N–H and O–H groups in total. The molecule has 37 heavy (non-hydrogen) atoms. The van der Waals surface area contributed by atoms with E-state index < -0.39 is 5.85 Å². The van der Waals surface area contributed by atoms with Crippen LogP contribution in [0, 0.1) is 18.8 Å². The Balaban J connectivity index is -0.000000535. The second-order valence-corrected chi connectivity index (χ2v) is 9.19. The number of hydrogen-bond acceptors (Lipinski definition) is 3. The second-order valence-electron chi connectivity index (χ2n) is 8.51. The smallest absolute Gasteiger partial charge is 0.408 e. The molecular weight excluding hydrogens is 485 g/mol. The Morgan fingerprint density at radius 2 is 1.70 bits per heavy atom. The van der Waals surface area contributed by atoms with Gasteiger partial charge in [0.25, 0.3) is 0 Å². The van der Waals surface area contributed by atoms with Crippen LogP contribution in [0.5, 0.6) is 5.75 Å². The van der Waals surface area contributed by atoms with Crippen LogP contribution in [0.4, 0.5) is 14.5 Å². The van der Waals surface area contributed by atoms with E-state index in [1.54, 1.807) is 12.1 Å². The minimum absolute atomic E-state index is 0.143. The molecule has 0 aromatic heterocycles. The van der Waals surface area contributed by atoms with Crippen LogP contribution >= 0.6 is 9.24 Å². The van der Waals surface area contributed by atoms with E-state index in [1.165, 1.54) is 66.6 Å². The molecule has 6 heteroatoms. The van der Waals surface area contributed by atoms with Gasteiger partial charge in [0.15, 0.2) is 0 Å². The Morgan fingerprint density at radius 1 is 1.16 bits per heavy atom. The van der Waals surface area contributed by atoms with Crippen molar-refractivity contribution in [2.24, 2.45) is 5.92 Å². The van der Waals surface area contributed by atoms with Crippen LogP contribution in [-0.2, 0) is 0 Å². The number of terminal acetylenes is 1. The number of halogens is 2. The number of rotatable bonds is 10. The average molecular weight is 543 g/mol. The van der Waals surface area contributed by atoms with Crippen molar-refractivity contribution in [2.45, 2.75) is 113 Å². The molecule has 0 spiro atoms. The third kappa shape index (κ3) is 19.1. The standard InChI is InChI=1S/C13H18F2NOP.C12H25N.2C2H6.C2H2/c1-4-5-10(2)16(3)11-6-8-12(9-7-11)17-13(14,15)18;1-4-11(3)8-10-13-9-6-7-12(13)5-2;3*1-2/h5-9H,4,18H2,1-3H3;11-12H,4-10H2,1-3H3;2*1-2H3;1-2H/b10-5-;;;;. The minimum atomic E-state index is -3.23. The molecule has 3 nitrogen and oxygen atoms in total. The van der Waals surface area contributed by atoms with E-state index in [0.717, 1.165) is 29.8 Å². The van der Waals surface area contributed by atoms with E-state index in [4.69, 9.17) is 0 Å². The van der Waals surface area contributed by atoms with Gasteiger partial charge in [-0.2, -0.15) is 8.78 Å². The highest BCUT2D eigenvalue weighted by molar-refractivity contribution is 7.17. The SMILES string of the molecule is C#C.CC.CC.CC/C=C(/C)N(C)c1ccc(OC(F)(F)P)cc1.CCC(C)CCN1CCCC1CC. The molecule has 0 aliphatic carbocycles. The van der Waals surface area contributed by atoms with Crippen molar-refractivity contribution in [1.82, 2.24) is 4.90 Å². The van der Waals surface area contributed by atoms with Gasteiger partial charge in [-0.15, -0.1) is 12.8 Å². The Bertz CT molecular complexity index is 687. The summed E-state index contributed by atoms with van der Waals surface area (Å²) in [4.78, 5) is 4.69. The molecule has 1 aliphatic rings. The zero-order valence-electron chi connectivity index (χ0n) is 25.5. The average Bonchev–Trinajstić information content (AvgIpc) is 3.38. The predicted octanol–water partition coefficient (Wildman–Crippen LogP) is 9.84. The number of nitrogens with zero attached hydrogens (tertiary/aromatic N) is 2. The topological polar surface area (TPSA) is 15.7 Å². The van der Waals surface area contributed by atoms with Crippen LogP contribution < -0.4 is 9.64 Å². The summed E-state index contributed by atoms with van der Waals surface area (Å²) >= 11 is 0. The first kappa shape index (κ1) is 39.9. The fraction of sp³-hybridized carbons (Fsp3) is 0.677. The summed E-state index contributed by atoms with van der Waals surface area (Å²) < 4.78 is 29.7. The number of ether oxygens (including phenoxy) is 1. The van der Waals surface area contributed by atoms with Crippen LogP contribution in [0.3, 0.4) is 0 Å². The van der Waals surface area contributed by atoms with Crippen LogP contribution in [0.15, 0.2) is 36.0 Å². The van der Waals surface area contributed by atoms with Gasteiger partial charge in [0.1, 0.15) is 5.75 Å². The summed E-state index contributed by atoms with van der Waals surface area (Å²) in [7, 11) is 3.28. The van der Waals surface area contributed by atoms with Crippen molar-refractivity contribution in [2.75, 3.05) is 25.0 Å². The van der Waals surface area contributed by atoms with Gasteiger partial charge in [-0.3, -0.25) is 0 Å². The van der Waals surface area contributed by atoms with Crippen molar-refractivity contribution in [3.8, 4) is 18.6 Å². The maximum absolute atomic E-state index is 12.6. The van der Waals surface area contributed by atoms with Gasteiger partial charge in [0.2, 0.25) is 0 Å². The van der Waals surface area contributed by atoms with E-state index in [1.807, 2.05) is 46.6 Å². The molecule has 1 aromatic rings.